The van der Waals surface area contributed by atoms with Crippen molar-refractivity contribution in [3.63, 3.8) is 0 Å². The number of aliphatic hydroxyl groups is 1. The summed E-state index contributed by atoms with van der Waals surface area (Å²) in [6.45, 7) is 1.19. The molecule has 0 saturated carbocycles. The molecule has 0 fully saturated rings. The first-order valence-corrected chi connectivity index (χ1v) is 6.62. The predicted molar refractivity (Wildman–Crippen MR) is 69.4 cm³/mol. The fourth-order valence-corrected chi connectivity index (χ4v) is 2.78. The van der Waals surface area contributed by atoms with Gasteiger partial charge in [-0.05, 0) is 30.7 Å². The molecule has 1 heterocycles. The second-order valence-corrected chi connectivity index (χ2v) is 5.42. The molecule has 0 radical (unpaired) electrons. The lowest BCUT2D eigenvalue weighted by Gasteiger charge is -2.13. The van der Waals surface area contributed by atoms with Crippen LogP contribution in [0, 0.1) is 6.92 Å². The van der Waals surface area contributed by atoms with E-state index in [1.807, 2.05) is 6.92 Å². The van der Waals surface area contributed by atoms with Crippen molar-refractivity contribution in [1.29, 1.82) is 0 Å². The average molecular weight is 302 g/mol. The Kier molecular flexibility index (Phi) is 4.10. The van der Waals surface area contributed by atoms with Gasteiger partial charge in [0.25, 0.3) is 0 Å². The van der Waals surface area contributed by atoms with Crippen LogP contribution in [0.3, 0.4) is 0 Å². The van der Waals surface area contributed by atoms with Crippen LogP contribution in [-0.2, 0) is 19.8 Å². The van der Waals surface area contributed by atoms with Crippen LogP contribution in [0.2, 0.25) is 0 Å². The molecular formula is C13H13F3N2OS. The van der Waals surface area contributed by atoms with Gasteiger partial charge in [0, 0.05) is 11.9 Å². The molecule has 0 amide bonds. The van der Waals surface area contributed by atoms with Crippen molar-refractivity contribution >= 4 is 11.8 Å². The first-order valence-electron chi connectivity index (χ1n) is 5.80. The van der Waals surface area contributed by atoms with E-state index in [1.54, 1.807) is 23.9 Å². The Balaban J connectivity index is 2.36. The van der Waals surface area contributed by atoms with Crippen molar-refractivity contribution in [3.05, 3.63) is 41.1 Å². The molecule has 7 heteroatoms. The van der Waals surface area contributed by atoms with E-state index in [4.69, 9.17) is 5.11 Å². The van der Waals surface area contributed by atoms with Crippen molar-refractivity contribution in [2.24, 2.45) is 7.05 Å². The molecule has 1 aromatic carbocycles. The van der Waals surface area contributed by atoms with Crippen molar-refractivity contribution in [1.82, 2.24) is 9.78 Å². The van der Waals surface area contributed by atoms with Gasteiger partial charge in [0.2, 0.25) is 0 Å². The molecule has 108 valence electrons. The minimum absolute atomic E-state index is 0.122. The Bertz CT molecular complexity index is 623. The maximum atomic E-state index is 12.9. The Hall–Kier alpha value is -1.47. The molecule has 1 N–H and O–H groups in total. The number of halogens is 3. The molecule has 0 saturated heterocycles. The van der Waals surface area contributed by atoms with Gasteiger partial charge >= 0.3 is 6.18 Å². The summed E-state index contributed by atoms with van der Waals surface area (Å²) >= 11 is 1.20. The molecule has 0 unspecified atom stereocenters. The van der Waals surface area contributed by atoms with Gasteiger partial charge in [-0.3, -0.25) is 4.68 Å². The summed E-state index contributed by atoms with van der Waals surface area (Å²) in [5.74, 6) is 0. The molecule has 2 rings (SSSR count). The highest BCUT2D eigenvalue weighted by Crippen LogP contribution is 2.36. The average Bonchev–Trinajstić information content (AvgIpc) is 2.66. The van der Waals surface area contributed by atoms with Crippen LogP contribution >= 0.6 is 11.8 Å². The largest absolute Gasteiger partial charge is 0.416 e. The third-order valence-electron chi connectivity index (χ3n) is 2.74. The van der Waals surface area contributed by atoms with Crippen LogP contribution < -0.4 is 0 Å². The van der Waals surface area contributed by atoms with Crippen molar-refractivity contribution in [3.8, 4) is 0 Å². The normalized spacial score (nSPS) is 11.9. The fraction of sp³-hybridized carbons (Fsp3) is 0.308. The zero-order valence-electron chi connectivity index (χ0n) is 10.9. The Morgan fingerprint density at radius 2 is 2.00 bits per heavy atom. The molecule has 20 heavy (non-hydrogen) atoms. The van der Waals surface area contributed by atoms with E-state index in [0.717, 1.165) is 16.8 Å². The van der Waals surface area contributed by atoms with E-state index in [0.29, 0.717) is 4.90 Å². The van der Waals surface area contributed by atoms with Gasteiger partial charge in [-0.1, -0.05) is 17.8 Å². The molecule has 0 aliphatic heterocycles. The maximum Gasteiger partial charge on any atom is 0.416 e. The summed E-state index contributed by atoms with van der Waals surface area (Å²) in [5.41, 5.74) is -0.120. The number of benzene rings is 1. The molecular weight excluding hydrogens is 289 g/mol. The Morgan fingerprint density at radius 3 is 2.50 bits per heavy atom. The second-order valence-electron chi connectivity index (χ2n) is 4.32. The number of hydrogen-bond donors (Lipinski definition) is 1. The van der Waals surface area contributed by atoms with E-state index in [2.05, 4.69) is 5.10 Å². The van der Waals surface area contributed by atoms with Crippen molar-refractivity contribution in [2.45, 2.75) is 29.6 Å². The number of aliphatic hydroxyl groups excluding tert-OH is 1. The predicted octanol–water partition coefficient (Wildman–Crippen LogP) is 3.39. The van der Waals surface area contributed by atoms with Gasteiger partial charge in [-0.25, -0.2) is 0 Å². The van der Waals surface area contributed by atoms with Crippen LogP contribution in [-0.4, -0.2) is 14.9 Å². The number of nitrogens with zero attached hydrogens (tertiary/aromatic N) is 2. The summed E-state index contributed by atoms with van der Waals surface area (Å²) in [7, 11) is 1.74. The molecule has 3 nitrogen and oxygen atoms in total. The number of alkyl halides is 3. The van der Waals surface area contributed by atoms with Crippen LogP contribution in [0.4, 0.5) is 13.2 Å². The molecule has 0 aliphatic rings. The molecule has 0 bridgehead atoms. The summed E-state index contributed by atoms with van der Waals surface area (Å²) in [6, 6.07) is 5.72. The zero-order chi connectivity index (χ0) is 14.9. The number of rotatable bonds is 3. The summed E-state index contributed by atoms with van der Waals surface area (Å²) in [6.07, 6.45) is -4.48. The standard InChI is InChI=1S/C13H13F3N2OS/c1-8-5-12(18(2)17-8)20-10-4-3-9(7-19)11(6-10)13(14,15)16/h3-6,19H,7H2,1-2H3. The van der Waals surface area contributed by atoms with E-state index in [-0.39, 0.29) is 5.56 Å². The highest BCUT2D eigenvalue weighted by atomic mass is 32.2. The highest BCUT2D eigenvalue weighted by molar-refractivity contribution is 7.99. The minimum Gasteiger partial charge on any atom is -0.392 e. The van der Waals surface area contributed by atoms with Gasteiger partial charge in [0.05, 0.1) is 22.9 Å². The molecule has 0 aliphatic carbocycles. The van der Waals surface area contributed by atoms with Gasteiger partial charge < -0.3 is 5.11 Å². The van der Waals surface area contributed by atoms with Crippen LogP contribution in [0.15, 0.2) is 34.2 Å². The van der Waals surface area contributed by atoms with Crippen molar-refractivity contribution < 1.29 is 18.3 Å². The number of aromatic nitrogens is 2. The first-order chi connectivity index (χ1) is 9.31. The lowest BCUT2D eigenvalue weighted by molar-refractivity contribution is -0.138. The number of aryl methyl sites for hydroxylation is 2. The Morgan fingerprint density at radius 1 is 1.30 bits per heavy atom. The topological polar surface area (TPSA) is 38.0 Å². The lowest BCUT2D eigenvalue weighted by atomic mass is 10.1. The lowest BCUT2D eigenvalue weighted by Crippen LogP contribution is -2.09. The van der Waals surface area contributed by atoms with E-state index in [9.17, 15) is 13.2 Å². The summed E-state index contributed by atoms with van der Waals surface area (Å²) < 4.78 is 40.3. The monoisotopic (exact) mass is 302 g/mol. The quantitative estimate of drug-likeness (QED) is 0.944. The van der Waals surface area contributed by atoms with Gasteiger partial charge in [0.1, 0.15) is 0 Å². The van der Waals surface area contributed by atoms with E-state index in [1.165, 1.54) is 17.8 Å². The third-order valence-corrected chi connectivity index (χ3v) is 3.82. The van der Waals surface area contributed by atoms with E-state index >= 15 is 0 Å². The second kappa shape index (κ2) is 5.49. The van der Waals surface area contributed by atoms with Gasteiger partial charge in [-0.15, -0.1) is 0 Å². The zero-order valence-corrected chi connectivity index (χ0v) is 11.7. The summed E-state index contributed by atoms with van der Waals surface area (Å²) in [4.78, 5) is 0.456. The maximum absolute atomic E-state index is 12.9. The van der Waals surface area contributed by atoms with Gasteiger partial charge in [-0.2, -0.15) is 18.3 Å². The first kappa shape index (κ1) is 14.9. The van der Waals surface area contributed by atoms with Crippen LogP contribution in [0.5, 0.6) is 0 Å². The van der Waals surface area contributed by atoms with Crippen LogP contribution in [0.25, 0.3) is 0 Å². The van der Waals surface area contributed by atoms with Gasteiger partial charge in [0.15, 0.2) is 0 Å². The highest BCUT2D eigenvalue weighted by Gasteiger charge is 2.33. The SMILES string of the molecule is Cc1cc(Sc2ccc(CO)c(C(F)(F)F)c2)n(C)n1. The molecule has 0 atom stereocenters. The summed E-state index contributed by atoms with van der Waals surface area (Å²) in [5, 5.41) is 13.9. The smallest absolute Gasteiger partial charge is 0.392 e. The minimum atomic E-state index is -4.48. The Labute approximate surface area is 118 Å². The molecule has 1 aromatic heterocycles. The third kappa shape index (κ3) is 3.16. The van der Waals surface area contributed by atoms with Crippen LogP contribution in [0.1, 0.15) is 16.8 Å². The van der Waals surface area contributed by atoms with Crippen molar-refractivity contribution in [2.75, 3.05) is 0 Å². The van der Waals surface area contributed by atoms with E-state index < -0.39 is 18.3 Å². The molecule has 0 spiro atoms. The number of hydrogen-bond acceptors (Lipinski definition) is 3. The molecule has 2 aromatic rings. The fourth-order valence-electron chi connectivity index (χ4n) is 1.82.